The molecule has 0 aromatic heterocycles. The number of ether oxygens (including phenoxy) is 1. The largest absolute Gasteiger partial charge is 0.497 e. The summed E-state index contributed by atoms with van der Waals surface area (Å²) in [4.78, 5) is 26.6. The van der Waals surface area contributed by atoms with E-state index >= 15 is 0 Å². The number of hydrogen-bond donors (Lipinski definition) is 1. The molecule has 0 bridgehead atoms. The van der Waals surface area contributed by atoms with E-state index in [4.69, 9.17) is 10.00 Å². The van der Waals surface area contributed by atoms with E-state index < -0.39 is 23.4 Å². The van der Waals surface area contributed by atoms with Gasteiger partial charge in [-0.2, -0.15) is 10.5 Å². The normalized spacial score (nSPS) is 19.8. The van der Waals surface area contributed by atoms with Crippen LogP contribution in [-0.2, 0) is 10.3 Å². The predicted octanol–water partition coefficient (Wildman–Crippen LogP) is 3.06. The Labute approximate surface area is 163 Å². The number of carbonyl (C=O) groups is 2. The van der Waals surface area contributed by atoms with Crippen LogP contribution < -0.4 is 10.1 Å². The Hall–Kier alpha value is -3.58. The van der Waals surface area contributed by atoms with Gasteiger partial charge in [0.2, 0.25) is 0 Å². The minimum absolute atomic E-state index is 0.0246. The SMILES string of the molecule is COc1ccc2cc([C@@]3(C)NC(=O)N(C[C@H](C#N)CCC#N)C3=O)ccc2c1. The van der Waals surface area contributed by atoms with Crippen LogP contribution in [0.15, 0.2) is 36.4 Å². The third kappa shape index (κ3) is 3.35. The van der Waals surface area contributed by atoms with E-state index in [-0.39, 0.29) is 13.0 Å². The number of urea groups is 1. The van der Waals surface area contributed by atoms with Gasteiger partial charge in [-0.25, -0.2) is 4.79 Å². The lowest BCUT2D eigenvalue weighted by Crippen LogP contribution is -2.41. The topological polar surface area (TPSA) is 106 Å². The first-order valence-corrected chi connectivity index (χ1v) is 8.92. The lowest BCUT2D eigenvalue weighted by Gasteiger charge is -2.23. The number of amides is 3. The lowest BCUT2D eigenvalue weighted by molar-refractivity contribution is -0.131. The molecule has 1 heterocycles. The zero-order chi connectivity index (χ0) is 20.3. The minimum Gasteiger partial charge on any atom is -0.497 e. The van der Waals surface area contributed by atoms with E-state index in [0.29, 0.717) is 12.0 Å². The summed E-state index contributed by atoms with van der Waals surface area (Å²) in [5.41, 5.74) is -0.544. The maximum atomic E-state index is 13.0. The van der Waals surface area contributed by atoms with Gasteiger partial charge in [0.1, 0.15) is 11.3 Å². The van der Waals surface area contributed by atoms with Crippen molar-refractivity contribution in [3.05, 3.63) is 42.0 Å². The van der Waals surface area contributed by atoms with Crippen LogP contribution in [0.4, 0.5) is 4.79 Å². The Bertz CT molecular complexity index is 1020. The Balaban J connectivity index is 1.89. The quantitative estimate of drug-likeness (QED) is 0.780. The molecule has 0 unspecified atom stereocenters. The molecule has 1 fully saturated rings. The van der Waals surface area contributed by atoms with Crippen molar-refractivity contribution in [3.8, 4) is 17.9 Å². The average Bonchev–Trinajstić information content (AvgIpc) is 2.93. The van der Waals surface area contributed by atoms with Gasteiger partial charge in [-0.05, 0) is 47.9 Å². The molecule has 3 rings (SSSR count). The molecule has 7 heteroatoms. The van der Waals surface area contributed by atoms with Crippen LogP contribution in [0, 0.1) is 28.6 Å². The van der Waals surface area contributed by atoms with Crippen molar-refractivity contribution in [2.45, 2.75) is 25.3 Å². The third-order valence-electron chi connectivity index (χ3n) is 5.09. The van der Waals surface area contributed by atoms with Crippen molar-refractivity contribution >= 4 is 22.7 Å². The van der Waals surface area contributed by atoms with Gasteiger partial charge in [0.15, 0.2) is 0 Å². The summed E-state index contributed by atoms with van der Waals surface area (Å²) < 4.78 is 5.23. The summed E-state index contributed by atoms with van der Waals surface area (Å²) >= 11 is 0. The smallest absolute Gasteiger partial charge is 0.325 e. The summed E-state index contributed by atoms with van der Waals surface area (Å²) in [7, 11) is 1.60. The molecule has 1 aliphatic rings. The Morgan fingerprint density at radius 1 is 1.18 bits per heavy atom. The first-order valence-electron chi connectivity index (χ1n) is 8.92. The second kappa shape index (κ2) is 7.58. The van der Waals surface area contributed by atoms with Crippen LogP contribution in [-0.4, -0.2) is 30.5 Å². The van der Waals surface area contributed by atoms with Crippen LogP contribution in [0.1, 0.15) is 25.3 Å². The van der Waals surface area contributed by atoms with Crippen LogP contribution in [0.2, 0.25) is 0 Å². The van der Waals surface area contributed by atoms with Crippen molar-refractivity contribution in [1.82, 2.24) is 10.2 Å². The Kier molecular flexibility index (Phi) is 5.19. The predicted molar refractivity (Wildman–Crippen MR) is 102 cm³/mol. The molecule has 2 aromatic carbocycles. The van der Waals surface area contributed by atoms with Crippen molar-refractivity contribution in [2.75, 3.05) is 13.7 Å². The molecule has 1 aliphatic heterocycles. The summed E-state index contributed by atoms with van der Waals surface area (Å²) in [6, 6.07) is 14.7. The Morgan fingerprint density at radius 2 is 1.89 bits per heavy atom. The molecule has 0 spiro atoms. The fraction of sp³-hybridized carbons (Fsp3) is 0.333. The maximum Gasteiger partial charge on any atom is 0.325 e. The van der Waals surface area contributed by atoms with Crippen molar-refractivity contribution in [2.24, 2.45) is 5.92 Å². The number of nitrogens with one attached hydrogen (secondary N) is 1. The standard InChI is InChI=1S/C21H20N4O3/c1-21(17-7-5-16-11-18(28-2)8-6-15(16)10-17)19(26)25(20(27)24-21)13-14(12-23)4-3-9-22/h5-8,10-11,14H,3-4,13H2,1-2H3,(H,24,27)/t14-,21+/m0/s1. The fourth-order valence-corrected chi connectivity index (χ4v) is 3.38. The zero-order valence-corrected chi connectivity index (χ0v) is 15.7. The van der Waals surface area contributed by atoms with E-state index in [1.165, 1.54) is 0 Å². The summed E-state index contributed by atoms with van der Waals surface area (Å²) in [6.45, 7) is 1.64. The number of fused-ring (bicyclic) bond motifs is 1. The lowest BCUT2D eigenvalue weighted by atomic mass is 9.90. The number of imide groups is 1. The van der Waals surface area contributed by atoms with Gasteiger partial charge in [-0.3, -0.25) is 9.69 Å². The number of benzene rings is 2. The highest BCUT2D eigenvalue weighted by atomic mass is 16.5. The highest BCUT2D eigenvalue weighted by Crippen LogP contribution is 2.32. The molecule has 28 heavy (non-hydrogen) atoms. The van der Waals surface area contributed by atoms with Gasteiger partial charge in [-0.15, -0.1) is 0 Å². The number of carbonyl (C=O) groups excluding carboxylic acids is 2. The summed E-state index contributed by atoms with van der Waals surface area (Å²) in [6.07, 6.45) is 0.520. The molecule has 0 saturated carbocycles. The molecular weight excluding hydrogens is 356 g/mol. The van der Waals surface area contributed by atoms with E-state index in [1.807, 2.05) is 36.4 Å². The molecule has 1 saturated heterocycles. The molecule has 142 valence electrons. The second-order valence-corrected chi connectivity index (χ2v) is 6.92. The second-order valence-electron chi connectivity index (χ2n) is 6.92. The summed E-state index contributed by atoms with van der Waals surface area (Å²) in [5, 5.41) is 22.6. The van der Waals surface area contributed by atoms with Gasteiger partial charge in [0.25, 0.3) is 5.91 Å². The number of nitrogens with zero attached hydrogens (tertiary/aromatic N) is 3. The molecule has 1 N–H and O–H groups in total. The molecule has 3 amide bonds. The zero-order valence-electron chi connectivity index (χ0n) is 15.7. The van der Waals surface area contributed by atoms with E-state index in [9.17, 15) is 14.9 Å². The fourth-order valence-electron chi connectivity index (χ4n) is 3.38. The number of hydrogen-bond acceptors (Lipinski definition) is 5. The van der Waals surface area contributed by atoms with Crippen LogP contribution in [0.5, 0.6) is 5.75 Å². The van der Waals surface area contributed by atoms with Gasteiger partial charge in [-0.1, -0.05) is 18.2 Å². The summed E-state index contributed by atoms with van der Waals surface area (Å²) in [5.74, 6) is -0.230. The van der Waals surface area contributed by atoms with Crippen LogP contribution >= 0.6 is 0 Å². The van der Waals surface area contributed by atoms with E-state index in [2.05, 4.69) is 11.4 Å². The maximum absolute atomic E-state index is 13.0. The van der Waals surface area contributed by atoms with E-state index in [0.717, 1.165) is 21.4 Å². The molecule has 2 aromatic rings. The molecule has 0 aliphatic carbocycles. The monoisotopic (exact) mass is 376 g/mol. The van der Waals surface area contributed by atoms with Gasteiger partial charge >= 0.3 is 6.03 Å². The number of nitriles is 2. The molecule has 0 radical (unpaired) electrons. The minimum atomic E-state index is -1.21. The third-order valence-corrected chi connectivity index (χ3v) is 5.09. The highest BCUT2D eigenvalue weighted by molar-refractivity contribution is 6.07. The van der Waals surface area contributed by atoms with Crippen molar-refractivity contribution < 1.29 is 14.3 Å². The number of methoxy groups -OCH3 is 1. The van der Waals surface area contributed by atoms with E-state index in [1.54, 1.807) is 20.1 Å². The average molecular weight is 376 g/mol. The number of rotatable bonds is 6. The Morgan fingerprint density at radius 3 is 2.57 bits per heavy atom. The molecule has 2 atom stereocenters. The van der Waals surface area contributed by atoms with Crippen LogP contribution in [0.3, 0.4) is 0 Å². The van der Waals surface area contributed by atoms with Gasteiger partial charge in [0.05, 0.1) is 25.2 Å². The van der Waals surface area contributed by atoms with Crippen LogP contribution in [0.25, 0.3) is 10.8 Å². The van der Waals surface area contributed by atoms with Crippen molar-refractivity contribution in [3.63, 3.8) is 0 Å². The molecule has 7 nitrogen and oxygen atoms in total. The van der Waals surface area contributed by atoms with Gasteiger partial charge in [0, 0.05) is 13.0 Å². The van der Waals surface area contributed by atoms with Crippen molar-refractivity contribution in [1.29, 1.82) is 10.5 Å². The first-order chi connectivity index (χ1) is 13.4. The van der Waals surface area contributed by atoms with Gasteiger partial charge < -0.3 is 10.1 Å². The highest BCUT2D eigenvalue weighted by Gasteiger charge is 2.49. The first kappa shape index (κ1) is 19.2. The molecular formula is C21H20N4O3.